The van der Waals surface area contributed by atoms with Gasteiger partial charge in [-0.1, -0.05) is 0 Å². The van der Waals surface area contributed by atoms with E-state index in [2.05, 4.69) is 10.6 Å². The minimum atomic E-state index is -0.251. The second-order valence-electron chi connectivity index (χ2n) is 4.43. The van der Waals surface area contributed by atoms with Crippen LogP contribution in [0.5, 0.6) is 0 Å². The highest BCUT2D eigenvalue weighted by Gasteiger charge is 2.17. The molecule has 2 amide bonds. The van der Waals surface area contributed by atoms with Crippen LogP contribution in [0.25, 0.3) is 6.08 Å². The molecule has 0 saturated carbocycles. The van der Waals surface area contributed by atoms with E-state index in [0.29, 0.717) is 17.9 Å². The van der Waals surface area contributed by atoms with Crippen LogP contribution >= 0.6 is 0 Å². The standard InChI is InChI=1S/C15H12N2O3/c18-14(6-4-12-2-1-7-20-12)16-11-3-5-13-10(8-11)9-15(19)17-13/h1-8H,9H2,(H,16,18)(H,17,19)/b6-4+. The lowest BCUT2D eigenvalue weighted by atomic mass is 10.1. The van der Waals surface area contributed by atoms with Crippen molar-refractivity contribution >= 4 is 29.3 Å². The fourth-order valence-corrected chi connectivity index (χ4v) is 2.03. The van der Waals surface area contributed by atoms with Gasteiger partial charge in [-0.2, -0.15) is 0 Å². The van der Waals surface area contributed by atoms with Crippen LogP contribution in [0.1, 0.15) is 11.3 Å². The Kier molecular flexibility index (Phi) is 3.09. The van der Waals surface area contributed by atoms with Gasteiger partial charge in [0.1, 0.15) is 5.76 Å². The van der Waals surface area contributed by atoms with Gasteiger partial charge < -0.3 is 15.1 Å². The number of hydrogen-bond donors (Lipinski definition) is 2. The largest absolute Gasteiger partial charge is 0.465 e. The average molecular weight is 268 g/mol. The molecule has 0 unspecified atom stereocenters. The zero-order valence-corrected chi connectivity index (χ0v) is 10.6. The first-order valence-corrected chi connectivity index (χ1v) is 6.16. The summed E-state index contributed by atoms with van der Waals surface area (Å²) in [5, 5.41) is 5.49. The van der Waals surface area contributed by atoms with Crippen molar-refractivity contribution in [2.45, 2.75) is 6.42 Å². The Hall–Kier alpha value is -2.82. The molecule has 1 aliphatic heterocycles. The van der Waals surface area contributed by atoms with Crippen LogP contribution in [0.15, 0.2) is 47.1 Å². The molecule has 2 heterocycles. The molecule has 1 aromatic carbocycles. The normalized spacial score (nSPS) is 13.3. The zero-order chi connectivity index (χ0) is 13.9. The molecule has 0 bridgehead atoms. The summed E-state index contributed by atoms with van der Waals surface area (Å²) in [6.07, 6.45) is 4.88. The molecule has 0 saturated heterocycles. The van der Waals surface area contributed by atoms with Crippen molar-refractivity contribution in [2.24, 2.45) is 0 Å². The number of carbonyl (C=O) groups is 2. The highest BCUT2D eigenvalue weighted by atomic mass is 16.3. The molecule has 2 N–H and O–H groups in total. The first-order chi connectivity index (χ1) is 9.70. The van der Waals surface area contributed by atoms with Crippen molar-refractivity contribution in [1.82, 2.24) is 0 Å². The van der Waals surface area contributed by atoms with Gasteiger partial charge in [-0.05, 0) is 42.0 Å². The molecule has 0 aliphatic carbocycles. The maximum atomic E-state index is 11.8. The number of fused-ring (bicyclic) bond motifs is 1. The number of benzene rings is 1. The molecular weight excluding hydrogens is 256 g/mol. The third-order valence-electron chi connectivity index (χ3n) is 2.94. The van der Waals surface area contributed by atoms with E-state index in [4.69, 9.17) is 4.42 Å². The van der Waals surface area contributed by atoms with Crippen molar-refractivity contribution in [3.8, 4) is 0 Å². The molecule has 0 spiro atoms. The van der Waals surface area contributed by atoms with E-state index in [-0.39, 0.29) is 11.8 Å². The second kappa shape index (κ2) is 5.05. The van der Waals surface area contributed by atoms with Crippen molar-refractivity contribution in [3.63, 3.8) is 0 Å². The lowest BCUT2D eigenvalue weighted by Gasteiger charge is -2.04. The van der Waals surface area contributed by atoms with E-state index < -0.39 is 0 Å². The third-order valence-corrected chi connectivity index (χ3v) is 2.94. The fraction of sp³-hybridized carbons (Fsp3) is 0.0667. The molecule has 1 aromatic heterocycles. The summed E-state index contributed by atoms with van der Waals surface area (Å²) in [4.78, 5) is 23.0. The number of furan rings is 1. The van der Waals surface area contributed by atoms with Crippen LogP contribution in [0.2, 0.25) is 0 Å². The molecule has 0 radical (unpaired) electrons. The van der Waals surface area contributed by atoms with Crippen LogP contribution in [0.3, 0.4) is 0 Å². The predicted octanol–water partition coefficient (Wildman–Crippen LogP) is 2.43. The Labute approximate surface area is 115 Å². The van der Waals surface area contributed by atoms with Crippen molar-refractivity contribution in [2.75, 3.05) is 10.6 Å². The van der Waals surface area contributed by atoms with Gasteiger partial charge in [0.2, 0.25) is 11.8 Å². The third kappa shape index (κ3) is 2.61. The van der Waals surface area contributed by atoms with E-state index >= 15 is 0 Å². The number of carbonyl (C=O) groups excluding carboxylic acids is 2. The molecule has 5 nitrogen and oxygen atoms in total. The van der Waals surface area contributed by atoms with Gasteiger partial charge >= 0.3 is 0 Å². The second-order valence-corrected chi connectivity index (χ2v) is 4.43. The Bertz CT molecular complexity index is 687. The summed E-state index contributed by atoms with van der Waals surface area (Å²) in [5.41, 5.74) is 2.36. The molecule has 2 aromatic rings. The van der Waals surface area contributed by atoms with Gasteiger partial charge in [0, 0.05) is 17.5 Å². The SMILES string of the molecule is O=C(/C=C/c1ccco1)Nc1ccc2c(c1)CC(=O)N2. The molecule has 100 valence electrons. The van der Waals surface area contributed by atoms with Crippen molar-refractivity contribution in [1.29, 1.82) is 0 Å². The van der Waals surface area contributed by atoms with E-state index in [1.807, 2.05) is 0 Å². The number of amides is 2. The van der Waals surface area contributed by atoms with E-state index in [0.717, 1.165) is 11.3 Å². The van der Waals surface area contributed by atoms with Gasteiger partial charge in [-0.25, -0.2) is 0 Å². The topological polar surface area (TPSA) is 71.3 Å². The summed E-state index contributed by atoms with van der Waals surface area (Å²) in [6.45, 7) is 0. The predicted molar refractivity (Wildman–Crippen MR) is 75.1 cm³/mol. The van der Waals surface area contributed by atoms with Crippen LogP contribution in [-0.4, -0.2) is 11.8 Å². The van der Waals surface area contributed by atoms with E-state index in [1.165, 1.54) is 6.08 Å². The zero-order valence-electron chi connectivity index (χ0n) is 10.6. The smallest absolute Gasteiger partial charge is 0.248 e. The molecule has 0 atom stereocenters. The summed E-state index contributed by atoms with van der Waals surface area (Å²) < 4.78 is 5.09. The van der Waals surface area contributed by atoms with Gasteiger partial charge in [0.15, 0.2) is 0 Å². The number of hydrogen-bond acceptors (Lipinski definition) is 3. The highest BCUT2D eigenvalue weighted by molar-refractivity contribution is 6.03. The molecule has 3 rings (SSSR count). The lowest BCUT2D eigenvalue weighted by Crippen LogP contribution is -2.07. The summed E-state index contributed by atoms with van der Waals surface area (Å²) in [5.74, 6) is 0.337. The lowest BCUT2D eigenvalue weighted by molar-refractivity contribution is -0.115. The summed E-state index contributed by atoms with van der Waals surface area (Å²) >= 11 is 0. The Morgan fingerprint density at radius 1 is 1.35 bits per heavy atom. The monoisotopic (exact) mass is 268 g/mol. The van der Waals surface area contributed by atoms with E-state index in [1.54, 1.807) is 42.7 Å². The van der Waals surface area contributed by atoms with Crippen LogP contribution < -0.4 is 10.6 Å². The first kappa shape index (κ1) is 12.2. The van der Waals surface area contributed by atoms with Gasteiger partial charge in [0.25, 0.3) is 0 Å². The molecule has 5 heteroatoms. The maximum absolute atomic E-state index is 11.8. The number of nitrogens with one attached hydrogen (secondary N) is 2. The van der Waals surface area contributed by atoms with Crippen molar-refractivity contribution in [3.05, 3.63) is 54.0 Å². The molecule has 0 fully saturated rings. The fourth-order valence-electron chi connectivity index (χ4n) is 2.03. The summed E-state index contributed by atoms with van der Waals surface area (Å²) in [7, 11) is 0. The van der Waals surface area contributed by atoms with Gasteiger partial charge in [-0.15, -0.1) is 0 Å². The quantitative estimate of drug-likeness (QED) is 0.840. The average Bonchev–Trinajstić information content (AvgIpc) is 3.04. The minimum absolute atomic E-state index is 0.0267. The van der Waals surface area contributed by atoms with Gasteiger partial charge in [0.05, 0.1) is 12.7 Å². The van der Waals surface area contributed by atoms with Crippen molar-refractivity contribution < 1.29 is 14.0 Å². The number of rotatable bonds is 3. The van der Waals surface area contributed by atoms with Crippen LogP contribution in [-0.2, 0) is 16.0 Å². The molecule has 1 aliphatic rings. The highest BCUT2D eigenvalue weighted by Crippen LogP contribution is 2.25. The maximum Gasteiger partial charge on any atom is 0.248 e. The number of anilines is 2. The molecule has 20 heavy (non-hydrogen) atoms. The van der Waals surface area contributed by atoms with E-state index in [9.17, 15) is 9.59 Å². The Morgan fingerprint density at radius 2 is 2.25 bits per heavy atom. The van der Waals surface area contributed by atoms with Gasteiger partial charge in [-0.3, -0.25) is 9.59 Å². The minimum Gasteiger partial charge on any atom is -0.465 e. The van der Waals surface area contributed by atoms with Crippen LogP contribution in [0, 0.1) is 0 Å². The van der Waals surface area contributed by atoms with Crippen LogP contribution in [0.4, 0.5) is 11.4 Å². The Balaban J connectivity index is 1.68. The Morgan fingerprint density at radius 3 is 3.05 bits per heavy atom. The molecular formula is C15H12N2O3. The first-order valence-electron chi connectivity index (χ1n) is 6.16. The summed E-state index contributed by atoms with van der Waals surface area (Å²) in [6, 6.07) is 8.85.